The first-order valence-electron chi connectivity index (χ1n) is 11.5. The molecule has 0 amide bonds. The number of phenols is 1. The van der Waals surface area contributed by atoms with Crippen molar-refractivity contribution < 1.29 is 33.7 Å². The topological polar surface area (TPSA) is 105 Å². The molecule has 0 saturated heterocycles. The van der Waals surface area contributed by atoms with Crippen LogP contribution in [-0.2, 0) is 16.0 Å². The van der Waals surface area contributed by atoms with Gasteiger partial charge in [0, 0.05) is 17.2 Å². The van der Waals surface area contributed by atoms with E-state index in [0.717, 1.165) is 24.1 Å². The van der Waals surface area contributed by atoms with E-state index in [4.69, 9.17) is 26.2 Å². The number of carboxylic acid groups (broad SMARTS) is 1. The van der Waals surface area contributed by atoms with Crippen LogP contribution < -0.4 is 4.74 Å². The van der Waals surface area contributed by atoms with Crippen molar-refractivity contribution >= 4 is 29.6 Å². The molecule has 2 N–H and O–H groups in total. The van der Waals surface area contributed by atoms with E-state index in [2.05, 4.69) is 24.9 Å². The van der Waals surface area contributed by atoms with Crippen LogP contribution in [0.2, 0.25) is 5.02 Å². The van der Waals surface area contributed by atoms with Crippen LogP contribution in [0, 0.1) is 24.7 Å². The largest absolute Gasteiger partial charge is 0.507 e. The number of halogens is 2. The predicted octanol–water partition coefficient (Wildman–Crippen LogP) is 5.70. The van der Waals surface area contributed by atoms with Crippen LogP contribution in [0.5, 0.6) is 11.5 Å². The third kappa shape index (κ3) is 7.39. The van der Waals surface area contributed by atoms with E-state index < -0.39 is 12.8 Å². The Labute approximate surface area is 210 Å². The quantitative estimate of drug-likeness (QED) is 0.225. The van der Waals surface area contributed by atoms with Crippen molar-refractivity contribution in [2.45, 2.75) is 47.0 Å². The third-order valence-corrected chi connectivity index (χ3v) is 6.93. The molecular weight excluding hydrogens is 477 g/mol. The first-order chi connectivity index (χ1) is 16.6. The number of carboxylic acids is 1. The lowest BCUT2D eigenvalue weighted by Crippen LogP contribution is -2.31. The van der Waals surface area contributed by atoms with Crippen LogP contribution in [0.15, 0.2) is 28.8 Å². The minimum absolute atomic E-state index is 0.0308. The monoisotopic (exact) mass is 509 g/mol. The van der Waals surface area contributed by atoms with Crippen molar-refractivity contribution in [2.24, 2.45) is 22.7 Å². The van der Waals surface area contributed by atoms with Gasteiger partial charge in [-0.2, -0.15) is 0 Å². The lowest BCUT2D eigenvalue weighted by atomic mass is 9.72. The van der Waals surface area contributed by atoms with Gasteiger partial charge in [0.15, 0.2) is 6.29 Å². The fourth-order valence-corrected chi connectivity index (χ4v) is 4.62. The molecule has 1 aromatic rings. The number of carbonyl (C=O) groups is 2. The van der Waals surface area contributed by atoms with Crippen LogP contribution in [0.25, 0.3) is 0 Å². The molecule has 7 nitrogen and oxygen atoms in total. The first kappa shape index (κ1) is 28.5. The maximum Gasteiger partial charge on any atom is 0.329 e. The zero-order valence-corrected chi connectivity index (χ0v) is 21.3. The summed E-state index contributed by atoms with van der Waals surface area (Å²) < 4.78 is 23.0. The molecule has 1 aromatic carbocycles. The van der Waals surface area contributed by atoms with Crippen LogP contribution in [-0.4, -0.2) is 48.4 Å². The van der Waals surface area contributed by atoms with Crippen LogP contribution in [0.4, 0.5) is 4.39 Å². The Morgan fingerprint density at radius 3 is 2.69 bits per heavy atom. The van der Waals surface area contributed by atoms with E-state index in [1.807, 2.05) is 19.1 Å². The normalized spacial score (nSPS) is 22.1. The number of nitrogens with zero attached hydrogens (tertiary/aromatic N) is 1. The number of ether oxygens (including phenoxy) is 2. The number of alkyl halides is 1. The third-order valence-electron chi connectivity index (χ3n) is 6.47. The number of phenolic OH excluding ortho intramolecular Hbond substituents is 1. The Bertz CT molecular complexity index is 1020. The summed E-state index contributed by atoms with van der Waals surface area (Å²) in [6.45, 7) is 6.31. The van der Waals surface area contributed by atoms with E-state index in [-0.39, 0.29) is 59.2 Å². The van der Waals surface area contributed by atoms with Gasteiger partial charge in [-0.05, 0) is 50.5 Å². The van der Waals surface area contributed by atoms with E-state index >= 15 is 0 Å². The van der Waals surface area contributed by atoms with E-state index in [1.54, 1.807) is 6.92 Å². The van der Waals surface area contributed by atoms with Gasteiger partial charge in [-0.1, -0.05) is 49.2 Å². The standard InChI is InChI=1S/C26H33ClFNO6/c1-15(6-9-20-25(33)21(11-30)18(4)24(27)26(20)35-13-28)5-8-19-16(2)7-10-22(17(19)3)29-14-34-12-23(31)32/h5-6,8,11,16-17,19,33H,7,9-10,12-14H2,1-4H3,(H,31,32)/b8-5+,15-6+,29-22+/t16-,17-,19?/m1/s1. The summed E-state index contributed by atoms with van der Waals surface area (Å²) in [6.07, 6.45) is 8.51. The minimum Gasteiger partial charge on any atom is -0.507 e. The van der Waals surface area contributed by atoms with Crippen molar-refractivity contribution in [1.29, 1.82) is 0 Å². The van der Waals surface area contributed by atoms with Gasteiger partial charge >= 0.3 is 5.97 Å². The Hall–Kier alpha value is -2.71. The summed E-state index contributed by atoms with van der Waals surface area (Å²) in [7, 11) is 0. The summed E-state index contributed by atoms with van der Waals surface area (Å²) in [6, 6.07) is 0. The van der Waals surface area contributed by atoms with E-state index in [9.17, 15) is 19.1 Å². The molecule has 0 aromatic heterocycles. The second kappa shape index (κ2) is 13.4. The maximum absolute atomic E-state index is 12.9. The van der Waals surface area contributed by atoms with Gasteiger partial charge in [-0.3, -0.25) is 9.79 Å². The SMILES string of the molecule is CC(/C=C/C1[C@H](C)CC/C(=N\COCC(=O)O)[C@@H]1C)=C\Cc1c(O)c(C=O)c(C)c(Cl)c1OCF. The number of rotatable bonds is 11. The van der Waals surface area contributed by atoms with Gasteiger partial charge in [0.2, 0.25) is 6.86 Å². The number of carbonyl (C=O) groups excluding carboxylic acids is 1. The molecule has 1 aliphatic carbocycles. The van der Waals surface area contributed by atoms with Gasteiger partial charge in [0.05, 0.1) is 10.6 Å². The number of aliphatic carboxylic acids is 1. The molecule has 35 heavy (non-hydrogen) atoms. The van der Waals surface area contributed by atoms with Crippen molar-refractivity contribution in [3.63, 3.8) is 0 Å². The average molecular weight is 510 g/mol. The lowest BCUT2D eigenvalue weighted by molar-refractivity contribution is -0.142. The lowest BCUT2D eigenvalue weighted by Gasteiger charge is -2.34. The zero-order chi connectivity index (χ0) is 26.1. The van der Waals surface area contributed by atoms with Gasteiger partial charge in [0.1, 0.15) is 24.8 Å². The van der Waals surface area contributed by atoms with Crippen LogP contribution in [0.3, 0.4) is 0 Å². The summed E-state index contributed by atoms with van der Waals surface area (Å²) >= 11 is 6.27. The molecule has 3 atom stereocenters. The molecule has 192 valence electrons. The molecule has 0 heterocycles. The molecule has 0 bridgehead atoms. The highest BCUT2D eigenvalue weighted by Crippen LogP contribution is 2.41. The van der Waals surface area contributed by atoms with Gasteiger partial charge in [-0.25, -0.2) is 9.18 Å². The first-order valence-corrected chi connectivity index (χ1v) is 11.9. The Balaban J connectivity index is 2.19. The van der Waals surface area contributed by atoms with Crippen LogP contribution >= 0.6 is 11.6 Å². The number of hydrogen-bond donors (Lipinski definition) is 2. The zero-order valence-electron chi connectivity index (χ0n) is 20.5. The number of aliphatic imine (C=N–C) groups is 1. The number of benzene rings is 1. The van der Waals surface area contributed by atoms with Gasteiger partial charge in [0.25, 0.3) is 0 Å². The summed E-state index contributed by atoms with van der Waals surface area (Å²) in [5.41, 5.74) is 2.56. The molecule has 0 spiro atoms. The number of hydrogen-bond acceptors (Lipinski definition) is 6. The number of aromatic hydroxyl groups is 1. The van der Waals surface area contributed by atoms with Crippen molar-refractivity contribution in [1.82, 2.24) is 0 Å². The van der Waals surface area contributed by atoms with Crippen molar-refractivity contribution in [3.8, 4) is 11.5 Å². The molecule has 0 radical (unpaired) electrons. The highest BCUT2D eigenvalue weighted by molar-refractivity contribution is 6.33. The van der Waals surface area contributed by atoms with E-state index in [0.29, 0.717) is 17.8 Å². The molecule has 9 heteroatoms. The minimum atomic E-state index is -1.11. The van der Waals surface area contributed by atoms with Gasteiger partial charge < -0.3 is 19.7 Å². The summed E-state index contributed by atoms with van der Waals surface area (Å²) in [5.74, 6) is -0.407. The van der Waals surface area contributed by atoms with E-state index in [1.165, 1.54) is 0 Å². The second-order valence-electron chi connectivity index (χ2n) is 8.79. The second-order valence-corrected chi connectivity index (χ2v) is 9.17. The number of aldehydes is 1. The highest BCUT2D eigenvalue weighted by atomic mass is 35.5. The molecular formula is C26H33ClFNO6. The fourth-order valence-electron chi connectivity index (χ4n) is 4.35. The summed E-state index contributed by atoms with van der Waals surface area (Å²) in [4.78, 5) is 26.5. The molecule has 0 aliphatic heterocycles. The summed E-state index contributed by atoms with van der Waals surface area (Å²) in [5, 5.41) is 19.3. The Kier molecular flexibility index (Phi) is 10.9. The highest BCUT2D eigenvalue weighted by Gasteiger charge is 2.30. The maximum atomic E-state index is 12.9. The molecule has 1 unspecified atom stereocenters. The predicted molar refractivity (Wildman–Crippen MR) is 133 cm³/mol. The molecule has 1 aliphatic rings. The molecule has 1 saturated carbocycles. The van der Waals surface area contributed by atoms with Gasteiger partial charge in [-0.15, -0.1) is 0 Å². The smallest absolute Gasteiger partial charge is 0.329 e. The fraction of sp³-hybridized carbons (Fsp3) is 0.500. The van der Waals surface area contributed by atoms with Crippen molar-refractivity contribution in [3.05, 3.63) is 45.5 Å². The van der Waals surface area contributed by atoms with Crippen LogP contribution in [0.1, 0.15) is 55.1 Å². The average Bonchev–Trinajstić information content (AvgIpc) is 2.81. The number of allylic oxidation sites excluding steroid dienone is 4. The molecule has 1 fully saturated rings. The molecule has 2 rings (SSSR count). The van der Waals surface area contributed by atoms with Crippen molar-refractivity contribution in [2.75, 3.05) is 20.2 Å². The Morgan fingerprint density at radius 2 is 2.06 bits per heavy atom. The Morgan fingerprint density at radius 1 is 1.34 bits per heavy atom.